The molecular formula is C29H31N5O. The van der Waals surface area contributed by atoms with E-state index in [4.69, 9.17) is 5.10 Å². The van der Waals surface area contributed by atoms with Gasteiger partial charge in [-0.05, 0) is 37.1 Å². The number of carbonyl (C=O) groups excluding carboxylic acids is 1. The number of benzene rings is 3. The number of aromatic nitrogens is 2. The zero-order valence-electron chi connectivity index (χ0n) is 20.3. The Kier molecular flexibility index (Phi) is 6.53. The summed E-state index contributed by atoms with van der Waals surface area (Å²) >= 11 is 0. The number of hydrogen-bond donors (Lipinski definition) is 1. The largest absolute Gasteiger partial charge is 0.365 e. The molecule has 3 aromatic carbocycles. The van der Waals surface area contributed by atoms with Crippen molar-refractivity contribution >= 4 is 11.7 Å². The molecule has 5 rings (SSSR count). The van der Waals surface area contributed by atoms with Gasteiger partial charge in [-0.1, -0.05) is 78.9 Å². The standard InChI is InChI=1S/C29H31N5O/c1-22-28(23(2)34(31-22)26-16-10-5-11-17-26)32-18-20-33(21-19-32)29(35)30-27(24-12-6-3-7-13-24)25-14-8-4-9-15-25/h3-17,27H,18-21H2,1-2H3,(H,30,35). The molecule has 0 aliphatic carbocycles. The lowest BCUT2D eigenvalue weighted by Crippen LogP contribution is -2.52. The Labute approximate surface area is 206 Å². The summed E-state index contributed by atoms with van der Waals surface area (Å²) in [6, 6.07) is 30.3. The van der Waals surface area contributed by atoms with Crippen LogP contribution in [0.25, 0.3) is 5.69 Å². The molecule has 0 saturated carbocycles. The number of urea groups is 1. The van der Waals surface area contributed by atoms with Crippen LogP contribution >= 0.6 is 0 Å². The van der Waals surface area contributed by atoms with E-state index < -0.39 is 0 Å². The van der Waals surface area contributed by atoms with E-state index in [0.717, 1.165) is 41.3 Å². The first-order valence-corrected chi connectivity index (χ1v) is 12.1. The van der Waals surface area contributed by atoms with Crippen LogP contribution in [0, 0.1) is 13.8 Å². The zero-order valence-corrected chi connectivity index (χ0v) is 20.3. The number of piperazine rings is 1. The molecule has 1 N–H and O–H groups in total. The number of para-hydroxylation sites is 1. The van der Waals surface area contributed by atoms with Crippen LogP contribution in [0.15, 0.2) is 91.0 Å². The lowest BCUT2D eigenvalue weighted by atomic mass is 9.99. The van der Waals surface area contributed by atoms with Gasteiger partial charge in [0.1, 0.15) is 0 Å². The van der Waals surface area contributed by atoms with Crippen LogP contribution in [0.5, 0.6) is 0 Å². The molecule has 6 nitrogen and oxygen atoms in total. The molecule has 35 heavy (non-hydrogen) atoms. The highest BCUT2D eigenvalue weighted by Gasteiger charge is 2.27. The molecule has 1 aliphatic heterocycles. The van der Waals surface area contributed by atoms with Crippen LogP contribution in [0.1, 0.15) is 28.6 Å². The van der Waals surface area contributed by atoms with Gasteiger partial charge in [0.15, 0.2) is 0 Å². The average Bonchev–Trinajstić information content (AvgIpc) is 3.22. The first-order chi connectivity index (χ1) is 17.1. The number of aryl methyl sites for hydroxylation is 1. The van der Waals surface area contributed by atoms with Crippen LogP contribution in [-0.4, -0.2) is 46.9 Å². The summed E-state index contributed by atoms with van der Waals surface area (Å²) in [5.41, 5.74) is 6.51. The van der Waals surface area contributed by atoms with Gasteiger partial charge in [-0.3, -0.25) is 0 Å². The van der Waals surface area contributed by atoms with E-state index in [0.29, 0.717) is 13.1 Å². The molecule has 178 valence electrons. The van der Waals surface area contributed by atoms with Crippen molar-refractivity contribution in [2.45, 2.75) is 19.9 Å². The number of carbonyl (C=O) groups is 1. The summed E-state index contributed by atoms with van der Waals surface area (Å²) in [6.45, 7) is 7.06. The predicted molar refractivity (Wildman–Crippen MR) is 140 cm³/mol. The minimum Gasteiger partial charge on any atom is -0.365 e. The second kappa shape index (κ2) is 10.1. The summed E-state index contributed by atoms with van der Waals surface area (Å²) in [7, 11) is 0. The van der Waals surface area contributed by atoms with Crippen molar-refractivity contribution in [3.8, 4) is 5.69 Å². The zero-order chi connectivity index (χ0) is 24.2. The molecule has 0 radical (unpaired) electrons. The fourth-order valence-corrected chi connectivity index (χ4v) is 4.91. The van der Waals surface area contributed by atoms with E-state index in [1.54, 1.807) is 0 Å². The van der Waals surface area contributed by atoms with Gasteiger partial charge in [0.05, 0.1) is 28.8 Å². The van der Waals surface area contributed by atoms with Gasteiger partial charge in [0.2, 0.25) is 0 Å². The summed E-state index contributed by atoms with van der Waals surface area (Å²) in [5, 5.41) is 8.07. The molecule has 2 heterocycles. The molecule has 0 unspecified atom stereocenters. The molecule has 4 aromatic rings. The number of anilines is 1. The van der Waals surface area contributed by atoms with Crippen molar-refractivity contribution in [3.05, 3.63) is 114 Å². The van der Waals surface area contributed by atoms with Crippen LogP contribution in [0.4, 0.5) is 10.5 Å². The Bertz CT molecular complexity index is 1220. The first kappa shape index (κ1) is 22.7. The van der Waals surface area contributed by atoms with E-state index >= 15 is 0 Å². The van der Waals surface area contributed by atoms with E-state index in [9.17, 15) is 4.79 Å². The first-order valence-electron chi connectivity index (χ1n) is 12.1. The summed E-state index contributed by atoms with van der Waals surface area (Å²) in [6.07, 6.45) is 0. The van der Waals surface area contributed by atoms with Crippen molar-refractivity contribution in [1.82, 2.24) is 20.0 Å². The van der Waals surface area contributed by atoms with Crippen molar-refractivity contribution < 1.29 is 4.79 Å². The molecule has 1 fully saturated rings. The third-order valence-electron chi connectivity index (χ3n) is 6.67. The quantitative estimate of drug-likeness (QED) is 0.446. The minimum atomic E-state index is -0.184. The number of amides is 2. The number of rotatable bonds is 5. The summed E-state index contributed by atoms with van der Waals surface area (Å²) in [4.78, 5) is 17.6. The highest BCUT2D eigenvalue weighted by Crippen LogP contribution is 2.28. The monoisotopic (exact) mass is 465 g/mol. The van der Waals surface area contributed by atoms with Gasteiger partial charge in [0, 0.05) is 26.2 Å². The molecule has 6 heteroatoms. The fraction of sp³-hybridized carbons (Fsp3) is 0.241. The second-order valence-electron chi connectivity index (χ2n) is 8.94. The molecule has 0 atom stereocenters. The molecule has 0 spiro atoms. The topological polar surface area (TPSA) is 53.4 Å². The van der Waals surface area contributed by atoms with Gasteiger partial charge in [-0.15, -0.1) is 0 Å². The maximum Gasteiger partial charge on any atom is 0.318 e. The van der Waals surface area contributed by atoms with Gasteiger partial charge in [-0.2, -0.15) is 5.10 Å². The lowest BCUT2D eigenvalue weighted by molar-refractivity contribution is 0.192. The van der Waals surface area contributed by atoms with Crippen LogP contribution in [-0.2, 0) is 0 Å². The maximum absolute atomic E-state index is 13.3. The molecule has 0 bridgehead atoms. The van der Waals surface area contributed by atoms with Crippen molar-refractivity contribution in [2.75, 3.05) is 31.1 Å². The van der Waals surface area contributed by atoms with E-state index in [-0.39, 0.29) is 12.1 Å². The fourth-order valence-electron chi connectivity index (χ4n) is 4.91. The number of nitrogens with zero attached hydrogens (tertiary/aromatic N) is 4. The second-order valence-corrected chi connectivity index (χ2v) is 8.94. The Hall–Kier alpha value is -4.06. The lowest BCUT2D eigenvalue weighted by Gasteiger charge is -2.37. The van der Waals surface area contributed by atoms with E-state index in [1.807, 2.05) is 64.2 Å². The Morgan fingerprint density at radius 2 is 1.29 bits per heavy atom. The van der Waals surface area contributed by atoms with Crippen molar-refractivity contribution in [1.29, 1.82) is 0 Å². The minimum absolute atomic E-state index is 0.0317. The third-order valence-corrected chi connectivity index (χ3v) is 6.67. The van der Waals surface area contributed by atoms with E-state index in [1.165, 1.54) is 5.69 Å². The van der Waals surface area contributed by atoms with Gasteiger partial charge >= 0.3 is 6.03 Å². The van der Waals surface area contributed by atoms with Gasteiger partial charge < -0.3 is 15.1 Å². The smallest absolute Gasteiger partial charge is 0.318 e. The van der Waals surface area contributed by atoms with Crippen LogP contribution < -0.4 is 10.2 Å². The summed E-state index contributed by atoms with van der Waals surface area (Å²) in [5.74, 6) is 0. The number of nitrogens with one attached hydrogen (secondary N) is 1. The maximum atomic E-state index is 13.3. The van der Waals surface area contributed by atoms with E-state index in [2.05, 4.69) is 60.5 Å². The van der Waals surface area contributed by atoms with Crippen LogP contribution in [0.2, 0.25) is 0 Å². The normalized spacial score (nSPS) is 13.8. The SMILES string of the molecule is Cc1nn(-c2ccccc2)c(C)c1N1CCN(C(=O)NC(c2ccccc2)c2ccccc2)CC1. The molecule has 2 amide bonds. The average molecular weight is 466 g/mol. The predicted octanol–water partition coefficient (Wildman–Crippen LogP) is 5.11. The highest BCUT2D eigenvalue weighted by molar-refractivity contribution is 5.76. The van der Waals surface area contributed by atoms with Gasteiger partial charge in [-0.25, -0.2) is 9.48 Å². The van der Waals surface area contributed by atoms with Crippen molar-refractivity contribution in [3.63, 3.8) is 0 Å². The molecule has 1 aromatic heterocycles. The Morgan fingerprint density at radius 1 is 0.771 bits per heavy atom. The van der Waals surface area contributed by atoms with Gasteiger partial charge in [0.25, 0.3) is 0 Å². The van der Waals surface area contributed by atoms with Crippen molar-refractivity contribution in [2.24, 2.45) is 0 Å². The Morgan fingerprint density at radius 3 is 1.83 bits per heavy atom. The third kappa shape index (κ3) is 4.78. The molecular weight excluding hydrogens is 434 g/mol. The number of hydrogen-bond acceptors (Lipinski definition) is 3. The highest BCUT2D eigenvalue weighted by atomic mass is 16.2. The summed E-state index contributed by atoms with van der Waals surface area (Å²) < 4.78 is 2.01. The Balaban J connectivity index is 1.28. The molecule has 1 saturated heterocycles. The van der Waals surface area contributed by atoms with Crippen LogP contribution in [0.3, 0.4) is 0 Å². The molecule has 1 aliphatic rings.